The number of likely N-dealkylation sites (tertiary alicyclic amines) is 1. The lowest BCUT2D eigenvalue weighted by molar-refractivity contribution is -0.142. The van der Waals surface area contributed by atoms with Gasteiger partial charge in [-0.25, -0.2) is 13.8 Å². The Labute approximate surface area is 161 Å². The van der Waals surface area contributed by atoms with Gasteiger partial charge in [0.05, 0.1) is 6.33 Å². The van der Waals surface area contributed by atoms with E-state index in [1.807, 2.05) is 0 Å². The van der Waals surface area contributed by atoms with Gasteiger partial charge < -0.3 is 9.80 Å². The summed E-state index contributed by atoms with van der Waals surface area (Å²) in [4.78, 5) is 32.9. The molecule has 0 aliphatic carbocycles. The van der Waals surface area contributed by atoms with Crippen molar-refractivity contribution in [2.45, 2.75) is 44.6 Å². The number of nitrogens with zero attached hydrogens (tertiary/aromatic N) is 4. The van der Waals surface area contributed by atoms with Crippen LogP contribution in [0.15, 0.2) is 36.9 Å². The molecule has 3 unspecified atom stereocenters. The van der Waals surface area contributed by atoms with Crippen molar-refractivity contribution in [1.82, 2.24) is 19.4 Å². The van der Waals surface area contributed by atoms with E-state index in [2.05, 4.69) is 4.98 Å². The predicted octanol–water partition coefficient (Wildman–Crippen LogP) is 2.70. The molecule has 8 heteroatoms. The summed E-state index contributed by atoms with van der Waals surface area (Å²) >= 11 is 0. The minimum Gasteiger partial charge on any atom is -0.336 e. The van der Waals surface area contributed by atoms with Gasteiger partial charge in [0.1, 0.15) is 5.82 Å². The van der Waals surface area contributed by atoms with Crippen LogP contribution in [-0.4, -0.2) is 56.3 Å². The van der Waals surface area contributed by atoms with E-state index in [9.17, 15) is 18.4 Å². The Hall–Kier alpha value is -2.77. The number of hydrogen-bond acceptors (Lipinski definition) is 3. The standard InChI is InChI=1S/C20H22F2N4O2/c1-13-10-14(21)2-5-17(13)19(27)24-8-6-15-3-4-16(11-24)26(15)20(28)18(22)25-9-7-23-12-25/h2,5,7,9-10,12,15-16,18H,3-4,6,8,11H2,1H3. The Kier molecular flexibility index (Phi) is 4.87. The van der Waals surface area contributed by atoms with Crippen molar-refractivity contribution in [2.24, 2.45) is 0 Å². The molecule has 3 atom stereocenters. The zero-order chi connectivity index (χ0) is 19.8. The third-order valence-electron chi connectivity index (χ3n) is 5.73. The molecule has 2 bridgehead atoms. The van der Waals surface area contributed by atoms with Gasteiger partial charge in [0, 0.05) is 43.1 Å². The van der Waals surface area contributed by atoms with E-state index in [-0.39, 0.29) is 23.8 Å². The van der Waals surface area contributed by atoms with Crippen LogP contribution in [0, 0.1) is 12.7 Å². The molecule has 1 aromatic carbocycles. The van der Waals surface area contributed by atoms with E-state index in [0.717, 1.165) is 17.4 Å². The molecular formula is C20H22F2N4O2. The van der Waals surface area contributed by atoms with Crippen LogP contribution in [0.1, 0.15) is 41.5 Å². The Morgan fingerprint density at radius 2 is 2.00 bits per heavy atom. The Bertz CT molecular complexity index is 886. The summed E-state index contributed by atoms with van der Waals surface area (Å²) in [6, 6.07) is 3.82. The first kappa shape index (κ1) is 18.6. The largest absolute Gasteiger partial charge is 0.336 e. The molecule has 148 valence electrons. The molecule has 6 nitrogen and oxygen atoms in total. The number of aromatic nitrogens is 2. The molecule has 2 aliphatic heterocycles. The molecule has 1 aromatic heterocycles. The highest BCUT2D eigenvalue weighted by molar-refractivity contribution is 5.95. The van der Waals surface area contributed by atoms with Crippen LogP contribution in [0.25, 0.3) is 0 Å². The van der Waals surface area contributed by atoms with Gasteiger partial charge in [-0.2, -0.15) is 0 Å². The third-order valence-corrected chi connectivity index (χ3v) is 5.73. The van der Waals surface area contributed by atoms with Crippen molar-refractivity contribution in [1.29, 1.82) is 0 Å². The van der Waals surface area contributed by atoms with Crippen molar-refractivity contribution < 1.29 is 18.4 Å². The fourth-order valence-corrected chi connectivity index (χ4v) is 4.31. The van der Waals surface area contributed by atoms with Crippen LogP contribution in [-0.2, 0) is 4.79 Å². The monoisotopic (exact) mass is 388 g/mol. The smallest absolute Gasteiger partial charge is 0.279 e. The van der Waals surface area contributed by atoms with Crippen LogP contribution in [0.3, 0.4) is 0 Å². The number of hydrogen-bond donors (Lipinski definition) is 0. The fourth-order valence-electron chi connectivity index (χ4n) is 4.31. The van der Waals surface area contributed by atoms with Gasteiger partial charge in [-0.3, -0.25) is 14.2 Å². The Balaban J connectivity index is 1.53. The minimum absolute atomic E-state index is 0.0774. The molecular weight excluding hydrogens is 366 g/mol. The first-order valence-corrected chi connectivity index (χ1v) is 9.45. The summed E-state index contributed by atoms with van der Waals surface area (Å²) in [5.41, 5.74) is 1.04. The topological polar surface area (TPSA) is 58.4 Å². The van der Waals surface area contributed by atoms with Crippen molar-refractivity contribution >= 4 is 11.8 Å². The van der Waals surface area contributed by atoms with Crippen molar-refractivity contribution in [3.63, 3.8) is 0 Å². The zero-order valence-electron chi connectivity index (χ0n) is 15.6. The molecule has 0 saturated carbocycles. The molecule has 2 aliphatic rings. The van der Waals surface area contributed by atoms with E-state index in [1.165, 1.54) is 36.9 Å². The molecule has 3 heterocycles. The average molecular weight is 388 g/mol. The van der Waals surface area contributed by atoms with Crippen LogP contribution in [0.4, 0.5) is 8.78 Å². The van der Waals surface area contributed by atoms with Gasteiger partial charge in [0.15, 0.2) is 0 Å². The first-order valence-electron chi connectivity index (χ1n) is 9.45. The molecule has 2 fully saturated rings. The number of rotatable bonds is 3. The van der Waals surface area contributed by atoms with E-state index in [1.54, 1.807) is 16.7 Å². The van der Waals surface area contributed by atoms with Crippen molar-refractivity contribution in [2.75, 3.05) is 13.1 Å². The zero-order valence-corrected chi connectivity index (χ0v) is 15.6. The summed E-state index contributed by atoms with van der Waals surface area (Å²) in [5, 5.41) is 0. The number of fused-ring (bicyclic) bond motifs is 2. The maximum absolute atomic E-state index is 14.7. The van der Waals surface area contributed by atoms with Gasteiger partial charge in [0.2, 0.25) is 0 Å². The van der Waals surface area contributed by atoms with Gasteiger partial charge in [-0.15, -0.1) is 0 Å². The highest BCUT2D eigenvalue weighted by Gasteiger charge is 2.43. The van der Waals surface area contributed by atoms with Gasteiger partial charge in [-0.1, -0.05) is 0 Å². The quantitative estimate of drug-likeness (QED) is 0.812. The summed E-state index contributed by atoms with van der Waals surface area (Å²) in [6.45, 7) is 2.55. The molecule has 4 rings (SSSR count). The van der Waals surface area contributed by atoms with Gasteiger partial charge in [-0.05, 0) is 49.9 Å². The number of carbonyl (C=O) groups is 2. The van der Waals surface area contributed by atoms with E-state index >= 15 is 0 Å². The van der Waals surface area contributed by atoms with Crippen LogP contribution >= 0.6 is 0 Å². The highest BCUT2D eigenvalue weighted by Crippen LogP contribution is 2.33. The van der Waals surface area contributed by atoms with Gasteiger partial charge >= 0.3 is 0 Å². The summed E-state index contributed by atoms with van der Waals surface area (Å²) in [7, 11) is 0. The summed E-state index contributed by atoms with van der Waals surface area (Å²) < 4.78 is 29.2. The fraction of sp³-hybridized carbons (Fsp3) is 0.450. The molecule has 28 heavy (non-hydrogen) atoms. The second kappa shape index (κ2) is 7.33. The second-order valence-electron chi connectivity index (χ2n) is 7.48. The van der Waals surface area contributed by atoms with E-state index in [4.69, 9.17) is 0 Å². The number of amides is 2. The lowest BCUT2D eigenvalue weighted by Crippen LogP contribution is -2.46. The summed E-state index contributed by atoms with van der Waals surface area (Å²) in [5.74, 6) is -1.14. The van der Waals surface area contributed by atoms with Crippen molar-refractivity contribution in [3.8, 4) is 0 Å². The Morgan fingerprint density at radius 3 is 2.71 bits per heavy atom. The number of alkyl halides is 1. The molecule has 2 saturated heterocycles. The second-order valence-corrected chi connectivity index (χ2v) is 7.48. The SMILES string of the molecule is Cc1cc(F)ccc1C(=O)N1CCC2CCC(C1)N2C(=O)C(F)n1ccnc1. The molecule has 0 N–H and O–H groups in total. The summed E-state index contributed by atoms with van der Waals surface area (Å²) in [6.07, 6.45) is 4.48. The van der Waals surface area contributed by atoms with E-state index < -0.39 is 12.2 Å². The normalized spacial score (nSPS) is 22.8. The van der Waals surface area contributed by atoms with Gasteiger partial charge in [0.25, 0.3) is 18.1 Å². The van der Waals surface area contributed by atoms with Crippen molar-refractivity contribution in [3.05, 3.63) is 53.9 Å². The van der Waals surface area contributed by atoms with Crippen LogP contribution < -0.4 is 0 Å². The van der Waals surface area contributed by atoms with Crippen LogP contribution in [0.2, 0.25) is 0 Å². The third kappa shape index (κ3) is 3.27. The molecule has 0 radical (unpaired) electrons. The highest BCUT2D eigenvalue weighted by atomic mass is 19.1. The van der Waals surface area contributed by atoms with Crippen LogP contribution in [0.5, 0.6) is 0 Å². The lowest BCUT2D eigenvalue weighted by atomic mass is 10.0. The Morgan fingerprint density at radius 1 is 1.21 bits per heavy atom. The number of imidazole rings is 1. The predicted molar refractivity (Wildman–Crippen MR) is 97.7 cm³/mol. The number of halogens is 2. The average Bonchev–Trinajstić information content (AvgIpc) is 3.28. The number of carbonyl (C=O) groups excluding carboxylic acids is 2. The molecule has 2 aromatic rings. The van der Waals surface area contributed by atoms with E-state index in [0.29, 0.717) is 30.6 Å². The number of aryl methyl sites for hydroxylation is 1. The maximum atomic E-state index is 14.7. The maximum Gasteiger partial charge on any atom is 0.279 e. The first-order chi connectivity index (χ1) is 13.5. The lowest BCUT2D eigenvalue weighted by Gasteiger charge is -2.30. The number of benzene rings is 1. The minimum atomic E-state index is -1.81. The molecule has 0 spiro atoms. The molecule has 2 amide bonds.